The van der Waals surface area contributed by atoms with E-state index in [4.69, 9.17) is 37.0 Å². The normalized spacial score (nSPS) is 14.3. The highest BCUT2D eigenvalue weighted by atomic mass is 31.2. The largest absolute Gasteiger partial charge is 0.472 e. The van der Waals surface area contributed by atoms with E-state index >= 15 is 0 Å². The monoisotopic (exact) mass is 1450 g/mol. The number of phosphoric acid groups is 2. The third kappa shape index (κ3) is 72.6. The summed E-state index contributed by atoms with van der Waals surface area (Å²) < 4.78 is 68.5. The maximum absolute atomic E-state index is 13.1. The first-order chi connectivity index (χ1) is 48.7. The van der Waals surface area contributed by atoms with Gasteiger partial charge in [0.05, 0.1) is 26.4 Å². The first-order valence-corrected chi connectivity index (χ1v) is 42.8. The van der Waals surface area contributed by atoms with Gasteiger partial charge in [-0.2, -0.15) is 0 Å². The zero-order valence-electron chi connectivity index (χ0n) is 63.4. The second-order valence-corrected chi connectivity index (χ2v) is 29.5. The first-order valence-electron chi connectivity index (χ1n) is 39.8. The maximum Gasteiger partial charge on any atom is 0.472 e. The summed E-state index contributed by atoms with van der Waals surface area (Å²) in [4.78, 5) is 72.9. The maximum atomic E-state index is 13.1. The predicted molar refractivity (Wildman–Crippen MR) is 409 cm³/mol. The van der Waals surface area contributed by atoms with Crippen LogP contribution in [-0.2, 0) is 65.4 Å². The molecule has 0 rings (SSSR count). The van der Waals surface area contributed by atoms with Crippen molar-refractivity contribution < 1.29 is 80.2 Å². The number of aliphatic hydroxyl groups excluding tert-OH is 1. The Hall–Kier alpha value is -3.76. The van der Waals surface area contributed by atoms with Crippen LogP contribution in [0.15, 0.2) is 85.1 Å². The lowest BCUT2D eigenvalue weighted by Gasteiger charge is -2.21. The fourth-order valence-corrected chi connectivity index (χ4v) is 12.3. The van der Waals surface area contributed by atoms with Crippen LogP contribution in [0, 0.1) is 0 Å². The summed E-state index contributed by atoms with van der Waals surface area (Å²) in [5.74, 6) is -2.19. The van der Waals surface area contributed by atoms with E-state index in [9.17, 15) is 43.2 Å². The molecule has 580 valence electrons. The molecule has 0 aromatic heterocycles. The summed E-state index contributed by atoms with van der Waals surface area (Å²) in [5.41, 5.74) is 0. The molecule has 100 heavy (non-hydrogen) atoms. The predicted octanol–water partition coefficient (Wildman–Crippen LogP) is 23.0. The molecular weight excluding hydrogens is 1310 g/mol. The zero-order valence-corrected chi connectivity index (χ0v) is 65.2. The molecule has 0 aliphatic carbocycles. The van der Waals surface area contributed by atoms with Crippen LogP contribution in [0.1, 0.15) is 349 Å². The minimum absolute atomic E-state index is 0.0735. The number of esters is 4. The van der Waals surface area contributed by atoms with Gasteiger partial charge in [-0.15, -0.1) is 0 Å². The van der Waals surface area contributed by atoms with E-state index < -0.39 is 97.5 Å². The Morgan fingerprint density at radius 3 is 0.830 bits per heavy atom. The molecule has 5 atom stereocenters. The van der Waals surface area contributed by atoms with Gasteiger partial charge in [0.1, 0.15) is 19.3 Å². The molecule has 0 aliphatic rings. The van der Waals surface area contributed by atoms with E-state index in [0.29, 0.717) is 25.7 Å². The quantitative estimate of drug-likeness (QED) is 0.0169. The van der Waals surface area contributed by atoms with Crippen molar-refractivity contribution in [3.05, 3.63) is 85.1 Å². The van der Waals surface area contributed by atoms with Gasteiger partial charge in [0.15, 0.2) is 12.2 Å². The van der Waals surface area contributed by atoms with E-state index in [1.807, 2.05) is 0 Å². The summed E-state index contributed by atoms with van der Waals surface area (Å²) in [7, 11) is -9.95. The van der Waals surface area contributed by atoms with E-state index in [1.165, 1.54) is 96.3 Å². The Morgan fingerprint density at radius 1 is 0.290 bits per heavy atom. The Balaban J connectivity index is 5.33. The molecular formula is C81H144O17P2. The molecule has 0 saturated carbocycles. The zero-order chi connectivity index (χ0) is 73.2. The van der Waals surface area contributed by atoms with Crippen LogP contribution >= 0.6 is 15.6 Å². The third-order valence-corrected chi connectivity index (χ3v) is 18.7. The highest BCUT2D eigenvalue weighted by Crippen LogP contribution is 2.45. The molecule has 0 aliphatic heterocycles. The first kappa shape index (κ1) is 96.2. The lowest BCUT2D eigenvalue weighted by atomic mass is 10.1. The Kier molecular flexibility index (Phi) is 70.8. The number of rotatable bonds is 75. The smallest absolute Gasteiger partial charge is 0.462 e. The van der Waals surface area contributed by atoms with E-state index in [1.54, 1.807) is 0 Å². The summed E-state index contributed by atoms with van der Waals surface area (Å²) in [6.45, 7) is 4.73. The lowest BCUT2D eigenvalue weighted by Crippen LogP contribution is -2.30. The molecule has 5 unspecified atom stereocenters. The average Bonchev–Trinajstić information content (AvgIpc) is 0.926. The van der Waals surface area contributed by atoms with Gasteiger partial charge in [0.2, 0.25) is 0 Å². The molecule has 0 spiro atoms. The van der Waals surface area contributed by atoms with Gasteiger partial charge in [0, 0.05) is 25.7 Å². The lowest BCUT2D eigenvalue weighted by molar-refractivity contribution is -0.161. The van der Waals surface area contributed by atoms with Gasteiger partial charge < -0.3 is 33.8 Å². The van der Waals surface area contributed by atoms with Crippen molar-refractivity contribution >= 4 is 39.5 Å². The summed E-state index contributed by atoms with van der Waals surface area (Å²) in [6, 6.07) is 0. The molecule has 17 nitrogen and oxygen atoms in total. The van der Waals surface area contributed by atoms with Crippen molar-refractivity contribution in [2.75, 3.05) is 39.6 Å². The number of carbonyl (C=O) groups excluding carboxylic acids is 4. The van der Waals surface area contributed by atoms with Crippen LogP contribution in [0.4, 0.5) is 0 Å². The van der Waals surface area contributed by atoms with Crippen molar-refractivity contribution in [3.8, 4) is 0 Å². The molecule has 0 aromatic rings. The van der Waals surface area contributed by atoms with E-state index in [2.05, 4.69) is 113 Å². The van der Waals surface area contributed by atoms with Crippen molar-refractivity contribution in [1.29, 1.82) is 0 Å². The number of allylic oxidation sites excluding steroid dienone is 14. The van der Waals surface area contributed by atoms with Crippen LogP contribution < -0.4 is 0 Å². The Bertz CT molecular complexity index is 2230. The molecule has 0 heterocycles. The molecule has 0 amide bonds. The highest BCUT2D eigenvalue weighted by molar-refractivity contribution is 7.47. The topological polar surface area (TPSA) is 237 Å². The number of hydrogen-bond acceptors (Lipinski definition) is 15. The molecule has 0 bridgehead atoms. The third-order valence-electron chi connectivity index (χ3n) is 16.8. The van der Waals surface area contributed by atoms with Gasteiger partial charge >= 0.3 is 39.5 Å². The van der Waals surface area contributed by atoms with Crippen LogP contribution in [-0.4, -0.2) is 96.7 Å². The van der Waals surface area contributed by atoms with Crippen molar-refractivity contribution in [2.45, 2.75) is 367 Å². The summed E-state index contributed by atoms with van der Waals surface area (Å²) >= 11 is 0. The van der Waals surface area contributed by atoms with Gasteiger partial charge in [-0.25, -0.2) is 9.13 Å². The van der Waals surface area contributed by atoms with E-state index in [-0.39, 0.29) is 25.7 Å². The van der Waals surface area contributed by atoms with Crippen LogP contribution in [0.3, 0.4) is 0 Å². The molecule has 0 aromatic carbocycles. The number of unbranched alkanes of at least 4 members (excludes halogenated alkanes) is 35. The SMILES string of the molecule is CC/C=C\C/C=C\C/C=C\CCCCCCCC(=O)OC(COC(=O)CCCCCCCC/C=C\C/C=C\C/C=C\CCCCC)COP(=O)(O)OCC(O)COP(=O)(O)OCC(COC(=O)CCCCCCC/C=C\CCCCCCCC)OC(=O)CCCCCCCCCCCCC. The fraction of sp³-hybridized carbons (Fsp3) is 0.778. The van der Waals surface area contributed by atoms with Crippen molar-refractivity contribution in [1.82, 2.24) is 0 Å². The van der Waals surface area contributed by atoms with Gasteiger partial charge in [-0.05, 0) is 122 Å². The van der Waals surface area contributed by atoms with Crippen LogP contribution in [0.5, 0.6) is 0 Å². The van der Waals surface area contributed by atoms with E-state index in [0.717, 1.165) is 173 Å². The Morgan fingerprint density at radius 2 is 0.520 bits per heavy atom. The standard InChI is InChI=1S/C81H144O17P2/c1-5-9-13-17-21-25-29-32-35-36-37-38-41-43-47-50-54-58-62-66-79(84)92-72-77(98-81(86)68-64-60-56-52-48-44-40-34-31-27-23-19-15-11-7-3)74-96-100(89,90)94-70-75(82)69-93-99(87,88)95-73-76(97-80(85)67-63-59-55-51-45-28-24-20-16-12-8-4)71-91-78(83)65-61-57-53-49-46-42-39-33-30-26-22-18-14-10-6-2/h11,15,21,23,25,27,32-35,37-40,75-77,82H,5-10,12-14,16-20,22,24,26,28-31,36,41-74H2,1-4H3,(H,87,88)(H,89,90)/b15-11-,25-21-,27-23-,35-32-,38-37-,39-33-,40-34-. The summed E-state index contributed by atoms with van der Waals surface area (Å²) in [6.07, 6.45) is 75.6. The number of ether oxygens (including phenoxy) is 4. The second kappa shape index (κ2) is 73.5. The average molecular weight is 1450 g/mol. The molecule has 0 radical (unpaired) electrons. The van der Waals surface area contributed by atoms with Gasteiger partial charge in [0.25, 0.3) is 0 Å². The number of aliphatic hydroxyl groups is 1. The van der Waals surface area contributed by atoms with Crippen molar-refractivity contribution in [2.24, 2.45) is 0 Å². The number of phosphoric ester groups is 2. The summed E-state index contributed by atoms with van der Waals surface area (Å²) in [5, 5.41) is 10.6. The fourth-order valence-electron chi connectivity index (χ4n) is 10.8. The van der Waals surface area contributed by atoms with Gasteiger partial charge in [-0.1, -0.05) is 286 Å². The molecule has 19 heteroatoms. The van der Waals surface area contributed by atoms with Crippen LogP contribution in [0.2, 0.25) is 0 Å². The highest BCUT2D eigenvalue weighted by Gasteiger charge is 2.30. The van der Waals surface area contributed by atoms with Crippen molar-refractivity contribution in [3.63, 3.8) is 0 Å². The minimum atomic E-state index is -4.98. The molecule has 3 N–H and O–H groups in total. The van der Waals surface area contributed by atoms with Crippen LogP contribution in [0.25, 0.3) is 0 Å². The minimum Gasteiger partial charge on any atom is -0.462 e. The molecule has 0 fully saturated rings. The number of carbonyl (C=O) groups is 4. The van der Waals surface area contributed by atoms with Gasteiger partial charge in [-0.3, -0.25) is 37.3 Å². The number of hydrogen-bond donors (Lipinski definition) is 3. The Labute approximate surface area is 608 Å². The molecule has 0 saturated heterocycles. The second-order valence-electron chi connectivity index (χ2n) is 26.6.